The number of carbonyl (C=O) groups is 1. The number of piperazine rings is 1. The van der Waals surface area contributed by atoms with Crippen molar-refractivity contribution in [1.29, 1.82) is 0 Å². The quantitative estimate of drug-likeness (QED) is 0.712. The number of sulfonamides is 1. The highest BCUT2D eigenvalue weighted by Gasteiger charge is 2.35. The second-order valence-electron chi connectivity index (χ2n) is 8.82. The molecule has 0 unspecified atom stereocenters. The van der Waals surface area contributed by atoms with Crippen molar-refractivity contribution in [2.24, 2.45) is 13.0 Å². The van der Waals surface area contributed by atoms with Gasteiger partial charge in [0.1, 0.15) is 0 Å². The van der Waals surface area contributed by atoms with E-state index in [9.17, 15) is 13.2 Å². The summed E-state index contributed by atoms with van der Waals surface area (Å²) in [6, 6.07) is 7.59. The van der Waals surface area contributed by atoms with Gasteiger partial charge in [0, 0.05) is 56.2 Å². The first-order chi connectivity index (χ1) is 15.2. The summed E-state index contributed by atoms with van der Waals surface area (Å²) in [5, 5.41) is 7.69. The average molecular weight is 480 g/mol. The topological polar surface area (TPSA) is 87.5 Å². The highest BCUT2D eigenvalue weighted by molar-refractivity contribution is 7.89. The van der Waals surface area contributed by atoms with Gasteiger partial charge in [-0.2, -0.15) is 9.40 Å². The SMILES string of the molecule is CC1CCC(NC(=O)c2cn(C)nc2S(=O)(=O)N2CCN(c3ccc(Cl)cc3)CC2)CC1. The van der Waals surface area contributed by atoms with Gasteiger partial charge in [-0.3, -0.25) is 9.48 Å². The van der Waals surface area contributed by atoms with Crippen molar-refractivity contribution in [3.63, 3.8) is 0 Å². The van der Waals surface area contributed by atoms with E-state index < -0.39 is 10.0 Å². The van der Waals surface area contributed by atoms with Gasteiger partial charge in [-0.15, -0.1) is 0 Å². The molecular weight excluding hydrogens is 450 g/mol. The Kier molecular flexibility index (Phi) is 6.78. The molecule has 174 valence electrons. The molecule has 2 heterocycles. The number of aromatic nitrogens is 2. The van der Waals surface area contributed by atoms with Gasteiger partial charge >= 0.3 is 0 Å². The number of hydrogen-bond donors (Lipinski definition) is 1. The smallest absolute Gasteiger partial charge is 0.263 e. The van der Waals surface area contributed by atoms with Crippen LogP contribution in [0.1, 0.15) is 43.0 Å². The third-order valence-corrected chi connectivity index (χ3v) is 8.49. The molecule has 4 rings (SSSR count). The van der Waals surface area contributed by atoms with Gasteiger partial charge in [0.05, 0.1) is 5.56 Å². The minimum Gasteiger partial charge on any atom is -0.369 e. The molecule has 8 nitrogen and oxygen atoms in total. The highest BCUT2D eigenvalue weighted by Crippen LogP contribution is 2.26. The molecule has 1 N–H and O–H groups in total. The van der Waals surface area contributed by atoms with Gasteiger partial charge in [-0.05, 0) is 55.9 Å². The Hall–Kier alpha value is -2.10. The van der Waals surface area contributed by atoms with E-state index in [1.165, 1.54) is 15.2 Å². The summed E-state index contributed by atoms with van der Waals surface area (Å²) in [6.45, 7) is 3.97. The maximum Gasteiger partial charge on any atom is 0.263 e. The molecule has 1 aromatic heterocycles. The van der Waals surface area contributed by atoms with Crippen molar-refractivity contribution >= 4 is 33.2 Å². The standard InChI is InChI=1S/C22H30ClN5O3S/c1-16-3-7-18(8-4-16)24-21(29)20-15-26(2)25-22(20)32(30,31)28-13-11-27(12-14-28)19-9-5-17(23)6-10-19/h5-6,9-10,15-16,18H,3-4,7-8,11-14H2,1-2H3,(H,24,29). The van der Waals surface area contributed by atoms with E-state index in [1.54, 1.807) is 7.05 Å². The molecule has 1 aliphatic heterocycles. The maximum absolute atomic E-state index is 13.4. The summed E-state index contributed by atoms with van der Waals surface area (Å²) in [7, 11) is -2.25. The van der Waals surface area contributed by atoms with Crippen LogP contribution in [0.3, 0.4) is 0 Å². The van der Waals surface area contributed by atoms with Gasteiger partial charge in [0.15, 0.2) is 0 Å². The molecular formula is C22H30ClN5O3S. The fraction of sp³-hybridized carbons (Fsp3) is 0.545. The number of nitrogens with zero attached hydrogens (tertiary/aromatic N) is 4. The van der Waals surface area contributed by atoms with E-state index in [2.05, 4.69) is 22.2 Å². The summed E-state index contributed by atoms with van der Waals surface area (Å²) in [5.41, 5.74) is 1.12. The molecule has 1 saturated heterocycles. The Bertz CT molecular complexity index is 1050. The van der Waals surface area contributed by atoms with Crippen molar-refractivity contribution in [3.05, 3.63) is 41.0 Å². The number of rotatable bonds is 5. The summed E-state index contributed by atoms with van der Waals surface area (Å²) < 4.78 is 29.6. The van der Waals surface area contributed by atoms with Crippen LogP contribution < -0.4 is 10.2 Å². The number of nitrogens with one attached hydrogen (secondary N) is 1. The lowest BCUT2D eigenvalue weighted by Crippen LogP contribution is -2.49. The van der Waals surface area contributed by atoms with Crippen molar-refractivity contribution in [2.45, 2.75) is 43.7 Å². The number of benzene rings is 1. The predicted molar refractivity (Wildman–Crippen MR) is 125 cm³/mol. The number of amides is 1. The maximum atomic E-state index is 13.4. The van der Waals surface area contributed by atoms with Crippen LogP contribution in [0.15, 0.2) is 35.5 Å². The van der Waals surface area contributed by atoms with Gasteiger partial charge in [-0.1, -0.05) is 18.5 Å². The minimum atomic E-state index is -3.89. The molecule has 2 fully saturated rings. The number of carbonyl (C=O) groups excluding carboxylic acids is 1. The molecule has 1 amide bonds. The molecule has 1 aromatic carbocycles. The van der Waals surface area contributed by atoms with Crippen LogP contribution in [-0.2, 0) is 17.1 Å². The number of halogens is 1. The first kappa shape index (κ1) is 23.1. The van der Waals surface area contributed by atoms with E-state index >= 15 is 0 Å². The monoisotopic (exact) mass is 479 g/mol. The van der Waals surface area contributed by atoms with Crippen LogP contribution in [0.5, 0.6) is 0 Å². The van der Waals surface area contributed by atoms with Crippen molar-refractivity contribution in [2.75, 3.05) is 31.1 Å². The molecule has 1 saturated carbocycles. The van der Waals surface area contributed by atoms with E-state index in [1.807, 2.05) is 24.3 Å². The Labute approximate surface area is 194 Å². The van der Waals surface area contributed by atoms with Crippen LogP contribution >= 0.6 is 11.6 Å². The number of hydrogen-bond acceptors (Lipinski definition) is 5. The van der Waals surface area contributed by atoms with Gasteiger partial charge < -0.3 is 10.2 Å². The minimum absolute atomic E-state index is 0.0809. The summed E-state index contributed by atoms with van der Waals surface area (Å²) in [4.78, 5) is 15.1. The van der Waals surface area contributed by atoms with Crippen molar-refractivity contribution < 1.29 is 13.2 Å². The molecule has 2 aromatic rings. The lowest BCUT2D eigenvalue weighted by molar-refractivity contribution is 0.0919. The van der Waals surface area contributed by atoms with E-state index in [0.717, 1.165) is 31.4 Å². The Morgan fingerprint density at radius 1 is 1.06 bits per heavy atom. The van der Waals surface area contributed by atoms with Crippen LogP contribution in [0.4, 0.5) is 5.69 Å². The van der Waals surface area contributed by atoms with Crippen molar-refractivity contribution in [1.82, 2.24) is 19.4 Å². The fourth-order valence-corrected chi connectivity index (χ4v) is 6.11. The lowest BCUT2D eigenvalue weighted by atomic mass is 9.87. The third-order valence-electron chi connectivity index (χ3n) is 6.41. The second kappa shape index (κ2) is 9.41. The zero-order valence-corrected chi connectivity index (χ0v) is 20.1. The van der Waals surface area contributed by atoms with Crippen LogP contribution in [0, 0.1) is 5.92 Å². The third kappa shape index (κ3) is 4.94. The van der Waals surface area contributed by atoms with E-state index in [0.29, 0.717) is 37.1 Å². The Morgan fingerprint density at radius 2 is 1.69 bits per heavy atom. The zero-order valence-electron chi connectivity index (χ0n) is 18.5. The van der Waals surface area contributed by atoms with E-state index in [4.69, 9.17) is 11.6 Å². The molecule has 1 aliphatic carbocycles. The fourth-order valence-electron chi connectivity index (χ4n) is 4.44. The highest BCUT2D eigenvalue weighted by atomic mass is 35.5. The molecule has 0 bridgehead atoms. The average Bonchev–Trinajstić information content (AvgIpc) is 3.19. The molecule has 0 spiro atoms. The molecule has 32 heavy (non-hydrogen) atoms. The molecule has 2 aliphatic rings. The van der Waals surface area contributed by atoms with Crippen LogP contribution in [0.2, 0.25) is 5.02 Å². The first-order valence-electron chi connectivity index (χ1n) is 11.1. The number of aryl methyl sites for hydroxylation is 1. The van der Waals surface area contributed by atoms with Gasteiger partial charge in [-0.25, -0.2) is 8.42 Å². The summed E-state index contributed by atoms with van der Waals surface area (Å²) in [5.74, 6) is 0.306. The summed E-state index contributed by atoms with van der Waals surface area (Å²) in [6.07, 6.45) is 5.48. The van der Waals surface area contributed by atoms with Gasteiger partial charge in [0.2, 0.25) is 5.03 Å². The van der Waals surface area contributed by atoms with Crippen LogP contribution in [-0.4, -0.2) is 60.6 Å². The second-order valence-corrected chi connectivity index (χ2v) is 11.1. The van der Waals surface area contributed by atoms with Crippen LogP contribution in [0.25, 0.3) is 0 Å². The number of anilines is 1. The van der Waals surface area contributed by atoms with E-state index in [-0.39, 0.29) is 22.5 Å². The molecule has 0 radical (unpaired) electrons. The van der Waals surface area contributed by atoms with Gasteiger partial charge in [0.25, 0.3) is 15.9 Å². The molecule has 10 heteroatoms. The normalized spacial score (nSPS) is 22.7. The largest absolute Gasteiger partial charge is 0.369 e. The summed E-state index contributed by atoms with van der Waals surface area (Å²) >= 11 is 5.96. The predicted octanol–water partition coefficient (Wildman–Crippen LogP) is 2.89. The van der Waals surface area contributed by atoms with Crippen molar-refractivity contribution in [3.8, 4) is 0 Å². The Balaban J connectivity index is 1.46. The zero-order chi connectivity index (χ0) is 22.9. The molecule has 0 atom stereocenters. The Morgan fingerprint density at radius 3 is 2.31 bits per heavy atom. The lowest BCUT2D eigenvalue weighted by Gasteiger charge is -2.35. The first-order valence-corrected chi connectivity index (χ1v) is 12.9.